The number of nitrogens with zero attached hydrogens (tertiary/aromatic N) is 5. The highest BCUT2D eigenvalue weighted by atomic mass is 16.5. The van der Waals surface area contributed by atoms with Crippen molar-refractivity contribution >= 4 is 5.95 Å². The fourth-order valence-electron chi connectivity index (χ4n) is 5.17. The Morgan fingerprint density at radius 1 is 1.20 bits per heavy atom. The van der Waals surface area contributed by atoms with E-state index in [0.29, 0.717) is 17.7 Å². The molecule has 3 aromatic rings. The second-order valence-electron chi connectivity index (χ2n) is 8.85. The van der Waals surface area contributed by atoms with E-state index < -0.39 is 0 Å². The van der Waals surface area contributed by atoms with Gasteiger partial charge in [0.05, 0.1) is 5.69 Å². The summed E-state index contributed by atoms with van der Waals surface area (Å²) in [6, 6.07) is 3.78. The van der Waals surface area contributed by atoms with Gasteiger partial charge in [-0.2, -0.15) is 4.98 Å². The molecule has 1 unspecified atom stereocenters. The first-order chi connectivity index (χ1) is 14.7. The lowest BCUT2D eigenvalue weighted by molar-refractivity contribution is 0.290. The molecule has 3 aliphatic rings. The van der Waals surface area contributed by atoms with E-state index in [4.69, 9.17) is 14.5 Å². The quantitative estimate of drug-likeness (QED) is 0.716. The number of anilines is 1. The first-order valence-electron chi connectivity index (χ1n) is 10.8. The number of fused-ring (bicyclic) bond motifs is 2. The molecule has 0 amide bonds. The van der Waals surface area contributed by atoms with Crippen LogP contribution in [-0.2, 0) is 11.8 Å². The molecule has 0 bridgehead atoms. The number of aromatic nitrogens is 5. The van der Waals surface area contributed by atoms with E-state index in [0.717, 1.165) is 74.3 Å². The van der Waals surface area contributed by atoms with Crippen LogP contribution in [0.4, 0.5) is 5.95 Å². The average molecular weight is 404 g/mol. The van der Waals surface area contributed by atoms with Crippen molar-refractivity contribution < 1.29 is 4.52 Å². The van der Waals surface area contributed by atoms with Crippen LogP contribution >= 0.6 is 0 Å². The standard InChI is InChI=1S/C22H24N6O2/c29-19-16-7-9-22(17(16)24-18(25-19)15-6-2-10-23-12-15)8-3-11-28(13-22)21-26-20(30-27-21)14-4-1-5-14/h2,6,10,12,14H,1,3-5,7-9,11,13H2,(H,24,25,29). The summed E-state index contributed by atoms with van der Waals surface area (Å²) in [5.74, 6) is 2.48. The van der Waals surface area contributed by atoms with Gasteiger partial charge in [-0.1, -0.05) is 6.42 Å². The van der Waals surface area contributed by atoms with Crippen molar-refractivity contribution in [2.45, 2.75) is 56.3 Å². The Hall–Kier alpha value is -3.03. The zero-order valence-corrected chi connectivity index (χ0v) is 16.8. The first-order valence-corrected chi connectivity index (χ1v) is 10.8. The van der Waals surface area contributed by atoms with Gasteiger partial charge >= 0.3 is 0 Å². The van der Waals surface area contributed by atoms with Crippen molar-refractivity contribution in [3.63, 3.8) is 0 Å². The number of nitrogens with one attached hydrogen (secondary N) is 1. The molecule has 2 fully saturated rings. The minimum atomic E-state index is -0.143. The molecule has 4 heterocycles. The summed E-state index contributed by atoms with van der Waals surface area (Å²) in [6.45, 7) is 1.67. The maximum Gasteiger partial charge on any atom is 0.266 e. The van der Waals surface area contributed by atoms with Crippen LogP contribution in [0.5, 0.6) is 0 Å². The predicted octanol–water partition coefficient (Wildman–Crippen LogP) is 2.97. The number of piperidine rings is 1. The average Bonchev–Trinajstić information content (AvgIpc) is 3.34. The predicted molar refractivity (Wildman–Crippen MR) is 110 cm³/mol. The van der Waals surface area contributed by atoms with Crippen LogP contribution in [0.2, 0.25) is 0 Å². The van der Waals surface area contributed by atoms with Crippen molar-refractivity contribution in [1.29, 1.82) is 0 Å². The summed E-state index contributed by atoms with van der Waals surface area (Å²) in [4.78, 5) is 31.8. The van der Waals surface area contributed by atoms with Crippen LogP contribution in [0.15, 0.2) is 33.8 Å². The molecule has 1 saturated heterocycles. The lowest BCUT2D eigenvalue weighted by Crippen LogP contribution is -2.46. The van der Waals surface area contributed by atoms with Crippen molar-refractivity contribution in [3.8, 4) is 11.4 Å². The van der Waals surface area contributed by atoms with E-state index in [1.54, 1.807) is 12.4 Å². The van der Waals surface area contributed by atoms with Crippen molar-refractivity contribution in [2.24, 2.45) is 0 Å². The van der Waals surface area contributed by atoms with Gasteiger partial charge in [0, 0.05) is 47.9 Å². The lowest BCUT2D eigenvalue weighted by Gasteiger charge is -2.39. The highest BCUT2D eigenvalue weighted by molar-refractivity contribution is 5.54. The molecular weight excluding hydrogens is 380 g/mol. The molecule has 2 aliphatic carbocycles. The second-order valence-corrected chi connectivity index (χ2v) is 8.85. The van der Waals surface area contributed by atoms with Crippen LogP contribution in [0.3, 0.4) is 0 Å². The third-order valence-corrected chi connectivity index (χ3v) is 7.05. The van der Waals surface area contributed by atoms with E-state index in [9.17, 15) is 4.79 Å². The summed E-state index contributed by atoms with van der Waals surface area (Å²) in [7, 11) is 0. The molecule has 30 heavy (non-hydrogen) atoms. The Bertz CT molecular complexity index is 1140. The highest BCUT2D eigenvalue weighted by Gasteiger charge is 2.45. The molecule has 6 rings (SSSR count). The molecule has 1 atom stereocenters. The molecule has 1 aliphatic heterocycles. The minimum absolute atomic E-state index is 0.0281. The van der Waals surface area contributed by atoms with E-state index in [2.05, 4.69) is 20.0 Å². The Balaban J connectivity index is 1.35. The van der Waals surface area contributed by atoms with E-state index in [1.807, 2.05) is 12.1 Å². The van der Waals surface area contributed by atoms with E-state index >= 15 is 0 Å². The molecule has 3 aromatic heterocycles. The van der Waals surface area contributed by atoms with E-state index in [1.165, 1.54) is 6.42 Å². The van der Waals surface area contributed by atoms with Gasteiger partial charge in [0.1, 0.15) is 5.82 Å². The SMILES string of the molecule is O=c1[nH]c(-c2cccnc2)nc2c1CCC21CCCN(c2noc(C3CCC3)n2)C1. The number of hydrogen-bond donors (Lipinski definition) is 1. The van der Waals surface area contributed by atoms with Crippen molar-refractivity contribution in [1.82, 2.24) is 25.1 Å². The highest BCUT2D eigenvalue weighted by Crippen LogP contribution is 2.44. The number of rotatable bonds is 3. The zero-order chi connectivity index (χ0) is 20.1. The third kappa shape index (κ3) is 2.77. The van der Waals surface area contributed by atoms with E-state index in [-0.39, 0.29) is 11.0 Å². The van der Waals surface area contributed by atoms with Crippen molar-refractivity contribution in [3.05, 3.63) is 52.0 Å². The van der Waals surface area contributed by atoms with Gasteiger partial charge in [-0.25, -0.2) is 4.98 Å². The molecule has 8 nitrogen and oxygen atoms in total. The summed E-state index contributed by atoms with van der Waals surface area (Å²) in [5.41, 5.74) is 2.43. The molecule has 0 aromatic carbocycles. The number of hydrogen-bond acceptors (Lipinski definition) is 7. The summed E-state index contributed by atoms with van der Waals surface area (Å²) >= 11 is 0. The maximum atomic E-state index is 12.8. The monoisotopic (exact) mass is 404 g/mol. The van der Waals surface area contributed by atoms with Crippen LogP contribution in [0, 0.1) is 0 Å². The van der Waals surface area contributed by atoms with Gasteiger partial charge in [0.25, 0.3) is 11.5 Å². The van der Waals surface area contributed by atoms with Gasteiger partial charge in [-0.15, -0.1) is 0 Å². The molecular formula is C22H24N6O2. The molecule has 1 saturated carbocycles. The molecule has 8 heteroatoms. The molecule has 0 radical (unpaired) electrons. The van der Waals surface area contributed by atoms with Gasteiger partial charge in [0.2, 0.25) is 5.89 Å². The van der Waals surface area contributed by atoms with Crippen LogP contribution < -0.4 is 10.5 Å². The Labute approximate surface area is 173 Å². The van der Waals surface area contributed by atoms with Crippen LogP contribution in [0.25, 0.3) is 11.4 Å². The van der Waals surface area contributed by atoms with Gasteiger partial charge in [0.15, 0.2) is 0 Å². The number of aromatic amines is 1. The van der Waals surface area contributed by atoms with Gasteiger partial charge in [-0.3, -0.25) is 9.78 Å². The summed E-state index contributed by atoms with van der Waals surface area (Å²) in [6.07, 6.45) is 10.7. The molecule has 154 valence electrons. The first kappa shape index (κ1) is 17.8. The van der Waals surface area contributed by atoms with Crippen LogP contribution in [-0.4, -0.2) is 38.2 Å². The fraction of sp³-hybridized carbons (Fsp3) is 0.500. The minimum Gasteiger partial charge on any atom is -0.337 e. The fourth-order valence-corrected chi connectivity index (χ4v) is 5.17. The Kier molecular flexibility index (Phi) is 4.01. The molecule has 1 N–H and O–H groups in total. The summed E-state index contributed by atoms with van der Waals surface area (Å²) < 4.78 is 5.56. The number of H-pyrrole nitrogens is 1. The topological polar surface area (TPSA) is 101 Å². The smallest absolute Gasteiger partial charge is 0.266 e. The third-order valence-electron chi connectivity index (χ3n) is 7.05. The van der Waals surface area contributed by atoms with Gasteiger partial charge in [-0.05, 0) is 55.8 Å². The zero-order valence-electron chi connectivity index (χ0n) is 16.8. The Morgan fingerprint density at radius 3 is 2.93 bits per heavy atom. The normalized spacial score (nSPS) is 23.5. The second kappa shape index (κ2) is 6.75. The lowest BCUT2D eigenvalue weighted by atomic mass is 9.77. The largest absolute Gasteiger partial charge is 0.337 e. The maximum absolute atomic E-state index is 12.8. The molecule has 1 spiro atoms. The van der Waals surface area contributed by atoms with Crippen molar-refractivity contribution in [2.75, 3.05) is 18.0 Å². The number of pyridine rings is 1. The van der Waals surface area contributed by atoms with Crippen LogP contribution in [0.1, 0.15) is 61.6 Å². The van der Waals surface area contributed by atoms with Gasteiger partial charge < -0.3 is 14.4 Å². The summed E-state index contributed by atoms with van der Waals surface area (Å²) in [5, 5.41) is 4.28. The Morgan fingerprint density at radius 2 is 2.13 bits per heavy atom.